The maximum absolute atomic E-state index is 13.0. The fourth-order valence-corrected chi connectivity index (χ4v) is 1.92. The van der Waals surface area contributed by atoms with Crippen LogP contribution in [0.5, 0.6) is 17.2 Å². The molecule has 0 atom stereocenters. The largest absolute Gasteiger partial charge is 0.454 e. The molecular formula is C15H11FO4. The lowest BCUT2D eigenvalue weighted by Crippen LogP contribution is -2.11. The van der Waals surface area contributed by atoms with Gasteiger partial charge in [-0.05, 0) is 29.8 Å². The predicted octanol–water partition coefficient (Wildman–Crippen LogP) is 2.70. The second kappa shape index (κ2) is 5.21. The smallest absolute Gasteiger partial charge is 0.315 e. The van der Waals surface area contributed by atoms with Gasteiger partial charge in [0.15, 0.2) is 11.5 Å². The lowest BCUT2D eigenvalue weighted by molar-refractivity contribution is -0.133. The van der Waals surface area contributed by atoms with Crippen LogP contribution in [0, 0.1) is 5.82 Å². The average Bonchev–Trinajstić information content (AvgIpc) is 2.86. The molecule has 1 heterocycles. The van der Waals surface area contributed by atoms with Crippen LogP contribution in [-0.2, 0) is 11.2 Å². The van der Waals surface area contributed by atoms with E-state index in [0.29, 0.717) is 22.8 Å². The van der Waals surface area contributed by atoms with Gasteiger partial charge in [0.1, 0.15) is 11.6 Å². The normalized spacial score (nSPS) is 12.2. The third-order valence-electron chi connectivity index (χ3n) is 2.81. The Balaban J connectivity index is 1.67. The molecule has 0 bridgehead atoms. The zero-order valence-corrected chi connectivity index (χ0v) is 10.5. The van der Waals surface area contributed by atoms with Crippen LogP contribution in [0.25, 0.3) is 0 Å². The van der Waals surface area contributed by atoms with Gasteiger partial charge in [0.25, 0.3) is 0 Å². The van der Waals surface area contributed by atoms with Crippen molar-refractivity contribution < 1.29 is 23.4 Å². The Morgan fingerprint density at radius 1 is 1.15 bits per heavy atom. The monoisotopic (exact) mass is 274 g/mol. The quantitative estimate of drug-likeness (QED) is 0.637. The fourth-order valence-electron chi connectivity index (χ4n) is 1.92. The van der Waals surface area contributed by atoms with Crippen molar-refractivity contribution in [2.75, 3.05) is 6.79 Å². The molecular weight excluding hydrogens is 263 g/mol. The summed E-state index contributed by atoms with van der Waals surface area (Å²) in [5, 5.41) is 0. The van der Waals surface area contributed by atoms with Gasteiger partial charge in [0.2, 0.25) is 6.79 Å². The molecule has 0 unspecified atom stereocenters. The van der Waals surface area contributed by atoms with Crippen LogP contribution in [0.2, 0.25) is 0 Å². The molecule has 2 aromatic carbocycles. The van der Waals surface area contributed by atoms with E-state index >= 15 is 0 Å². The standard InChI is InChI=1S/C15H11FO4/c16-11-3-1-2-10(6-11)7-15(17)20-12-4-5-13-14(8-12)19-9-18-13/h1-6,8H,7,9H2. The first kappa shape index (κ1) is 12.5. The van der Waals surface area contributed by atoms with Crippen molar-refractivity contribution in [1.82, 2.24) is 0 Å². The van der Waals surface area contributed by atoms with E-state index in [1.165, 1.54) is 12.1 Å². The first-order valence-corrected chi connectivity index (χ1v) is 6.05. The van der Waals surface area contributed by atoms with Gasteiger partial charge in [-0.3, -0.25) is 4.79 Å². The summed E-state index contributed by atoms with van der Waals surface area (Å²) in [5.41, 5.74) is 0.566. The van der Waals surface area contributed by atoms with E-state index in [2.05, 4.69) is 0 Å². The number of hydrogen-bond acceptors (Lipinski definition) is 4. The Morgan fingerprint density at radius 3 is 2.85 bits per heavy atom. The van der Waals surface area contributed by atoms with Crippen LogP contribution in [0.1, 0.15) is 5.56 Å². The number of fused-ring (bicyclic) bond motifs is 1. The molecule has 102 valence electrons. The molecule has 0 aliphatic carbocycles. The molecule has 0 spiro atoms. The summed E-state index contributed by atoms with van der Waals surface area (Å²) in [6.07, 6.45) is 0.00615. The van der Waals surface area contributed by atoms with Crippen LogP contribution in [-0.4, -0.2) is 12.8 Å². The van der Waals surface area contributed by atoms with Gasteiger partial charge in [-0.25, -0.2) is 4.39 Å². The summed E-state index contributed by atoms with van der Waals surface area (Å²) in [6, 6.07) is 10.7. The summed E-state index contributed by atoms with van der Waals surface area (Å²) in [4.78, 5) is 11.8. The van der Waals surface area contributed by atoms with E-state index in [9.17, 15) is 9.18 Å². The van der Waals surface area contributed by atoms with Crippen molar-refractivity contribution in [3.05, 3.63) is 53.8 Å². The zero-order chi connectivity index (χ0) is 13.9. The molecule has 0 amide bonds. The molecule has 0 saturated heterocycles. The van der Waals surface area contributed by atoms with Crippen molar-refractivity contribution in [2.45, 2.75) is 6.42 Å². The number of hydrogen-bond donors (Lipinski definition) is 0. The molecule has 0 N–H and O–H groups in total. The number of ether oxygens (including phenoxy) is 3. The lowest BCUT2D eigenvalue weighted by atomic mass is 10.1. The number of halogens is 1. The highest BCUT2D eigenvalue weighted by Gasteiger charge is 2.15. The number of benzene rings is 2. The second-order valence-electron chi connectivity index (χ2n) is 4.30. The molecule has 4 nitrogen and oxygen atoms in total. The van der Waals surface area contributed by atoms with Gasteiger partial charge in [-0.2, -0.15) is 0 Å². The highest BCUT2D eigenvalue weighted by atomic mass is 19.1. The highest BCUT2D eigenvalue weighted by Crippen LogP contribution is 2.35. The topological polar surface area (TPSA) is 44.8 Å². The molecule has 0 aromatic heterocycles. The van der Waals surface area contributed by atoms with Gasteiger partial charge in [-0.1, -0.05) is 12.1 Å². The first-order valence-electron chi connectivity index (χ1n) is 6.05. The average molecular weight is 274 g/mol. The molecule has 1 aliphatic heterocycles. The van der Waals surface area contributed by atoms with E-state index < -0.39 is 5.97 Å². The van der Waals surface area contributed by atoms with Crippen molar-refractivity contribution >= 4 is 5.97 Å². The van der Waals surface area contributed by atoms with Gasteiger partial charge < -0.3 is 14.2 Å². The number of esters is 1. The Kier molecular flexibility index (Phi) is 3.25. The maximum atomic E-state index is 13.0. The van der Waals surface area contributed by atoms with E-state index in [4.69, 9.17) is 14.2 Å². The number of carbonyl (C=O) groups is 1. The lowest BCUT2D eigenvalue weighted by Gasteiger charge is -2.05. The highest BCUT2D eigenvalue weighted by molar-refractivity contribution is 5.75. The summed E-state index contributed by atoms with van der Waals surface area (Å²) < 4.78 is 28.6. The Bertz CT molecular complexity index is 654. The van der Waals surface area contributed by atoms with E-state index in [1.807, 2.05) is 0 Å². The molecule has 0 fully saturated rings. The van der Waals surface area contributed by atoms with Crippen molar-refractivity contribution in [2.24, 2.45) is 0 Å². The van der Waals surface area contributed by atoms with E-state index in [1.54, 1.807) is 30.3 Å². The molecule has 3 rings (SSSR count). The molecule has 1 aliphatic rings. The Hall–Kier alpha value is -2.56. The minimum Gasteiger partial charge on any atom is -0.454 e. The third-order valence-corrected chi connectivity index (χ3v) is 2.81. The SMILES string of the molecule is O=C(Cc1cccc(F)c1)Oc1ccc2c(c1)OCO2. The van der Waals surface area contributed by atoms with Crippen molar-refractivity contribution in [3.8, 4) is 17.2 Å². The summed E-state index contributed by atoms with van der Waals surface area (Å²) in [6.45, 7) is 0.163. The summed E-state index contributed by atoms with van der Waals surface area (Å²) >= 11 is 0. The van der Waals surface area contributed by atoms with Crippen LogP contribution < -0.4 is 14.2 Å². The van der Waals surface area contributed by atoms with E-state index in [0.717, 1.165) is 0 Å². The van der Waals surface area contributed by atoms with Crippen LogP contribution >= 0.6 is 0 Å². The Labute approximate surface area is 114 Å². The van der Waals surface area contributed by atoms with Crippen molar-refractivity contribution in [1.29, 1.82) is 0 Å². The molecule has 0 saturated carbocycles. The zero-order valence-electron chi connectivity index (χ0n) is 10.5. The molecule has 5 heteroatoms. The third kappa shape index (κ3) is 2.71. The molecule has 2 aromatic rings. The maximum Gasteiger partial charge on any atom is 0.315 e. The van der Waals surface area contributed by atoms with E-state index in [-0.39, 0.29) is 19.0 Å². The van der Waals surface area contributed by atoms with Gasteiger partial charge >= 0.3 is 5.97 Å². The van der Waals surface area contributed by atoms with Gasteiger partial charge in [0, 0.05) is 6.07 Å². The minimum absolute atomic E-state index is 0.00615. The predicted molar refractivity (Wildman–Crippen MR) is 68.3 cm³/mol. The number of carbonyl (C=O) groups excluding carboxylic acids is 1. The van der Waals surface area contributed by atoms with Crippen LogP contribution in [0.4, 0.5) is 4.39 Å². The Morgan fingerprint density at radius 2 is 2.00 bits per heavy atom. The number of rotatable bonds is 3. The summed E-state index contributed by atoms with van der Waals surface area (Å²) in [7, 11) is 0. The van der Waals surface area contributed by atoms with Gasteiger partial charge in [0.05, 0.1) is 6.42 Å². The molecule has 20 heavy (non-hydrogen) atoms. The fraction of sp³-hybridized carbons (Fsp3) is 0.133. The molecule has 0 radical (unpaired) electrons. The van der Waals surface area contributed by atoms with Crippen LogP contribution in [0.3, 0.4) is 0 Å². The second-order valence-corrected chi connectivity index (χ2v) is 4.30. The van der Waals surface area contributed by atoms with Gasteiger partial charge in [-0.15, -0.1) is 0 Å². The minimum atomic E-state index is -0.463. The van der Waals surface area contributed by atoms with Crippen molar-refractivity contribution in [3.63, 3.8) is 0 Å². The summed E-state index contributed by atoms with van der Waals surface area (Å²) in [5.74, 6) is 0.694. The first-order chi connectivity index (χ1) is 9.70. The van der Waals surface area contributed by atoms with Crippen LogP contribution in [0.15, 0.2) is 42.5 Å².